The molecule has 6 nitrogen and oxygen atoms in total. The fourth-order valence-electron chi connectivity index (χ4n) is 10.3. The number of methoxy groups -OCH3 is 1. The quantitative estimate of drug-likeness (QED) is 0.441. The number of esters is 1. The Kier molecular flexibility index (Phi) is 5.68. The summed E-state index contributed by atoms with van der Waals surface area (Å²) in [6, 6.07) is 2.13. The normalized spacial score (nSPS) is 48.5. The number of nitrogens with zero attached hydrogens (tertiary/aromatic N) is 1. The Balaban J connectivity index is 1.64. The van der Waals surface area contributed by atoms with Gasteiger partial charge in [0.25, 0.3) is 0 Å². The van der Waals surface area contributed by atoms with Crippen LogP contribution in [-0.2, 0) is 14.3 Å². The van der Waals surface area contributed by atoms with Gasteiger partial charge in [-0.25, -0.2) is 0 Å². The highest BCUT2D eigenvalue weighted by atomic mass is 16.5. The standard InChI is InChI=1S/C31H43NO5/c1-27(2)14-19-18(20(15-27)26(35)37-7)8-10-30(5)24(19)21(33)12-23-28(3)13-17(16-32)25(34)31(6,36)22(28)9-11-29(23,30)4/h12,18-20,22,24,34,36H,8-11,13-15H2,1-7H3/t18?,19-,20-,22-,24+,28+,29-,30-,31+/m1/s1. The van der Waals surface area contributed by atoms with Crippen LogP contribution < -0.4 is 0 Å². The molecule has 0 spiro atoms. The minimum Gasteiger partial charge on any atom is -0.508 e. The fraction of sp³-hybridized carbons (Fsp3) is 0.774. The highest BCUT2D eigenvalue weighted by Gasteiger charge is 2.69. The molecule has 6 heteroatoms. The molecule has 3 saturated carbocycles. The molecular formula is C31H43NO5. The summed E-state index contributed by atoms with van der Waals surface area (Å²) in [6.45, 7) is 12.7. The van der Waals surface area contributed by atoms with E-state index in [1.807, 2.05) is 6.08 Å². The van der Waals surface area contributed by atoms with E-state index >= 15 is 0 Å². The summed E-state index contributed by atoms with van der Waals surface area (Å²) in [5.74, 6) is -0.599. The SMILES string of the molecule is COC(=O)[C@@H]1CC(C)(C)C[C@@H]2C1CC[C@]1(C)[C@@H]2C(=O)C=C2[C@@]3(C)CC(C#N)=C(O)[C@@](C)(O)[C@@H]3CC[C@]21C. The Labute approximate surface area is 221 Å². The predicted octanol–water partition coefficient (Wildman–Crippen LogP) is 5.67. The molecule has 0 amide bonds. The molecule has 0 heterocycles. The first-order valence-electron chi connectivity index (χ1n) is 14.0. The molecule has 0 aromatic heterocycles. The van der Waals surface area contributed by atoms with Crippen LogP contribution in [0.2, 0.25) is 0 Å². The van der Waals surface area contributed by atoms with Crippen LogP contribution in [0.1, 0.15) is 86.5 Å². The van der Waals surface area contributed by atoms with Gasteiger partial charge in [-0.1, -0.05) is 40.2 Å². The summed E-state index contributed by atoms with van der Waals surface area (Å²) in [5, 5.41) is 32.0. The monoisotopic (exact) mass is 509 g/mol. The Bertz CT molecular complexity index is 1160. The molecule has 0 bridgehead atoms. The van der Waals surface area contributed by atoms with Crippen molar-refractivity contribution in [2.75, 3.05) is 7.11 Å². The first-order chi connectivity index (χ1) is 17.1. The van der Waals surface area contributed by atoms with Crippen molar-refractivity contribution in [3.05, 3.63) is 23.0 Å². The smallest absolute Gasteiger partial charge is 0.308 e. The van der Waals surface area contributed by atoms with Gasteiger partial charge in [0.2, 0.25) is 0 Å². The van der Waals surface area contributed by atoms with Gasteiger partial charge in [0.1, 0.15) is 11.4 Å². The number of rotatable bonds is 1. The number of ketones is 1. The third kappa shape index (κ3) is 3.32. The summed E-state index contributed by atoms with van der Waals surface area (Å²) in [7, 11) is 1.47. The molecule has 5 rings (SSSR count). The van der Waals surface area contributed by atoms with Crippen LogP contribution in [0.4, 0.5) is 0 Å². The first-order valence-corrected chi connectivity index (χ1v) is 14.0. The highest BCUT2D eigenvalue weighted by Crippen LogP contribution is 2.73. The topological polar surface area (TPSA) is 108 Å². The Hall–Kier alpha value is -2.13. The van der Waals surface area contributed by atoms with Gasteiger partial charge in [0, 0.05) is 17.3 Å². The highest BCUT2D eigenvalue weighted by molar-refractivity contribution is 5.95. The van der Waals surface area contributed by atoms with Crippen LogP contribution in [-0.4, -0.2) is 34.7 Å². The van der Waals surface area contributed by atoms with Gasteiger partial charge in [-0.15, -0.1) is 0 Å². The van der Waals surface area contributed by atoms with E-state index in [0.29, 0.717) is 12.8 Å². The molecule has 3 fully saturated rings. The molecule has 0 saturated heterocycles. The van der Waals surface area contributed by atoms with Crippen molar-refractivity contribution in [1.29, 1.82) is 5.26 Å². The van der Waals surface area contributed by atoms with Crippen LogP contribution in [0.5, 0.6) is 0 Å². The molecule has 0 aliphatic heterocycles. The number of nitriles is 1. The van der Waals surface area contributed by atoms with Crippen LogP contribution in [0.3, 0.4) is 0 Å². The van der Waals surface area contributed by atoms with E-state index in [0.717, 1.165) is 37.7 Å². The molecule has 5 aliphatic carbocycles. The van der Waals surface area contributed by atoms with Crippen LogP contribution in [0.15, 0.2) is 23.0 Å². The third-order valence-corrected chi connectivity index (χ3v) is 12.1. The lowest BCUT2D eigenvalue weighted by Crippen LogP contribution is -2.64. The van der Waals surface area contributed by atoms with Crippen molar-refractivity contribution in [3.8, 4) is 6.07 Å². The molecule has 0 aromatic rings. The number of allylic oxidation sites excluding steroid dienone is 3. The maximum Gasteiger partial charge on any atom is 0.308 e. The number of hydrogen-bond acceptors (Lipinski definition) is 6. The summed E-state index contributed by atoms with van der Waals surface area (Å²) >= 11 is 0. The van der Waals surface area contributed by atoms with Crippen molar-refractivity contribution in [2.45, 2.75) is 92.1 Å². The van der Waals surface area contributed by atoms with E-state index in [9.17, 15) is 25.1 Å². The molecule has 0 radical (unpaired) electrons. The first kappa shape index (κ1) is 26.5. The maximum absolute atomic E-state index is 14.3. The van der Waals surface area contributed by atoms with E-state index in [4.69, 9.17) is 4.74 Å². The van der Waals surface area contributed by atoms with Crippen molar-refractivity contribution in [3.63, 3.8) is 0 Å². The van der Waals surface area contributed by atoms with Crippen molar-refractivity contribution < 1.29 is 24.5 Å². The molecule has 5 aliphatic rings. The van der Waals surface area contributed by atoms with Crippen molar-refractivity contribution in [1.82, 2.24) is 0 Å². The van der Waals surface area contributed by atoms with Gasteiger partial charge in [-0.2, -0.15) is 5.26 Å². The van der Waals surface area contributed by atoms with Gasteiger partial charge in [0.15, 0.2) is 5.78 Å². The van der Waals surface area contributed by atoms with E-state index in [1.165, 1.54) is 7.11 Å². The predicted molar refractivity (Wildman–Crippen MR) is 139 cm³/mol. The van der Waals surface area contributed by atoms with Gasteiger partial charge in [-0.3, -0.25) is 9.59 Å². The van der Waals surface area contributed by atoms with E-state index in [-0.39, 0.29) is 68.9 Å². The van der Waals surface area contributed by atoms with Gasteiger partial charge in [-0.05, 0) is 86.0 Å². The van der Waals surface area contributed by atoms with Crippen molar-refractivity contribution >= 4 is 11.8 Å². The zero-order valence-electron chi connectivity index (χ0n) is 23.5. The Morgan fingerprint density at radius 2 is 1.76 bits per heavy atom. The van der Waals surface area contributed by atoms with E-state index in [2.05, 4.69) is 40.7 Å². The number of carbonyl (C=O) groups excluding carboxylic acids is 2. The average molecular weight is 510 g/mol. The fourth-order valence-corrected chi connectivity index (χ4v) is 10.3. The number of fused-ring (bicyclic) bond motifs is 7. The molecule has 202 valence electrons. The largest absolute Gasteiger partial charge is 0.508 e. The molecular weight excluding hydrogens is 466 g/mol. The third-order valence-electron chi connectivity index (χ3n) is 12.1. The lowest BCUT2D eigenvalue weighted by atomic mass is 9.35. The lowest BCUT2D eigenvalue weighted by Gasteiger charge is -2.68. The number of aliphatic hydroxyl groups is 2. The molecule has 0 aromatic carbocycles. The molecule has 9 atom stereocenters. The van der Waals surface area contributed by atoms with Gasteiger partial charge >= 0.3 is 5.97 Å². The summed E-state index contributed by atoms with van der Waals surface area (Å²) < 4.78 is 5.24. The van der Waals surface area contributed by atoms with Crippen molar-refractivity contribution in [2.24, 2.45) is 51.2 Å². The minimum absolute atomic E-state index is 0.0564. The minimum atomic E-state index is -1.51. The maximum atomic E-state index is 14.3. The average Bonchev–Trinajstić information content (AvgIpc) is 2.81. The lowest BCUT2D eigenvalue weighted by molar-refractivity contribution is -0.175. The van der Waals surface area contributed by atoms with Crippen LogP contribution in [0, 0.1) is 62.6 Å². The second-order valence-corrected chi connectivity index (χ2v) is 14.5. The second-order valence-electron chi connectivity index (χ2n) is 14.5. The number of ether oxygens (including phenoxy) is 1. The Morgan fingerprint density at radius 1 is 1.08 bits per heavy atom. The molecule has 37 heavy (non-hydrogen) atoms. The van der Waals surface area contributed by atoms with Crippen LogP contribution >= 0.6 is 0 Å². The number of aliphatic hydroxyl groups excluding tert-OH is 1. The van der Waals surface area contributed by atoms with Gasteiger partial charge < -0.3 is 14.9 Å². The number of carbonyl (C=O) groups is 2. The second kappa shape index (κ2) is 7.94. The molecule has 2 N–H and O–H groups in total. The summed E-state index contributed by atoms with van der Waals surface area (Å²) in [5.41, 5.74) is -1.49. The Morgan fingerprint density at radius 3 is 2.38 bits per heavy atom. The summed E-state index contributed by atoms with van der Waals surface area (Å²) in [4.78, 5) is 27.1. The van der Waals surface area contributed by atoms with E-state index < -0.39 is 11.0 Å². The van der Waals surface area contributed by atoms with E-state index in [1.54, 1.807) is 6.92 Å². The summed E-state index contributed by atoms with van der Waals surface area (Å²) in [6.07, 6.45) is 7.17. The molecule has 1 unspecified atom stereocenters. The van der Waals surface area contributed by atoms with Crippen LogP contribution in [0.25, 0.3) is 0 Å². The zero-order valence-corrected chi connectivity index (χ0v) is 23.5. The number of hydrogen-bond donors (Lipinski definition) is 2. The zero-order chi connectivity index (χ0) is 27.3. The van der Waals surface area contributed by atoms with Gasteiger partial charge in [0.05, 0.1) is 24.7 Å².